The van der Waals surface area contributed by atoms with E-state index in [0.29, 0.717) is 6.42 Å². The highest BCUT2D eigenvalue weighted by Gasteiger charge is 2.15. The first-order valence-electron chi connectivity index (χ1n) is 6.51. The molecule has 96 valence electrons. The predicted molar refractivity (Wildman–Crippen MR) is 74.7 cm³/mol. The maximum Gasteiger partial charge on any atom is 0.227 e. The molecular formula is C15H20N2O. The van der Waals surface area contributed by atoms with Gasteiger partial charge in [-0.1, -0.05) is 18.2 Å². The van der Waals surface area contributed by atoms with Crippen molar-refractivity contribution in [2.75, 3.05) is 13.1 Å². The third kappa shape index (κ3) is 2.26. The van der Waals surface area contributed by atoms with E-state index in [9.17, 15) is 4.79 Å². The molecule has 0 saturated heterocycles. The summed E-state index contributed by atoms with van der Waals surface area (Å²) in [5.74, 6) is 0.202. The Hall–Kier alpha value is -1.77. The van der Waals surface area contributed by atoms with E-state index in [4.69, 9.17) is 0 Å². The molecule has 2 rings (SSSR count). The molecule has 0 aliphatic heterocycles. The highest BCUT2D eigenvalue weighted by molar-refractivity contribution is 5.90. The van der Waals surface area contributed by atoms with Gasteiger partial charge in [0.15, 0.2) is 0 Å². The number of hydrogen-bond acceptors (Lipinski definition) is 1. The number of nitrogens with zero attached hydrogens (tertiary/aromatic N) is 1. The van der Waals surface area contributed by atoms with Crippen LogP contribution in [0.1, 0.15) is 25.1 Å². The van der Waals surface area contributed by atoms with Crippen molar-refractivity contribution in [3.8, 4) is 0 Å². The van der Waals surface area contributed by atoms with Crippen molar-refractivity contribution in [1.82, 2.24) is 9.88 Å². The minimum Gasteiger partial charge on any atom is -0.358 e. The molecule has 1 N–H and O–H groups in total. The zero-order chi connectivity index (χ0) is 13.1. The largest absolute Gasteiger partial charge is 0.358 e. The average molecular weight is 244 g/mol. The summed E-state index contributed by atoms with van der Waals surface area (Å²) in [6.45, 7) is 7.62. The van der Waals surface area contributed by atoms with Crippen LogP contribution in [0, 0.1) is 6.92 Å². The minimum atomic E-state index is 0.202. The summed E-state index contributed by atoms with van der Waals surface area (Å²) in [5, 5.41) is 1.16. The van der Waals surface area contributed by atoms with Crippen LogP contribution in [0.2, 0.25) is 0 Å². The lowest BCUT2D eigenvalue weighted by molar-refractivity contribution is -0.130. The summed E-state index contributed by atoms with van der Waals surface area (Å²) in [6.07, 6.45) is 0.484. The zero-order valence-corrected chi connectivity index (χ0v) is 11.3. The van der Waals surface area contributed by atoms with E-state index in [1.54, 1.807) is 0 Å². The van der Waals surface area contributed by atoms with Gasteiger partial charge in [-0.3, -0.25) is 4.79 Å². The number of aromatic amines is 1. The van der Waals surface area contributed by atoms with E-state index in [1.807, 2.05) is 43.9 Å². The fraction of sp³-hybridized carbons (Fsp3) is 0.400. The van der Waals surface area contributed by atoms with Gasteiger partial charge in [-0.15, -0.1) is 0 Å². The van der Waals surface area contributed by atoms with Crippen LogP contribution in [-0.4, -0.2) is 28.9 Å². The Morgan fingerprint density at radius 1 is 1.22 bits per heavy atom. The SMILES string of the molecule is CCN(CC)C(=O)Cc1c(C)[nH]c2ccccc12. The lowest BCUT2D eigenvalue weighted by atomic mass is 10.1. The molecule has 1 amide bonds. The van der Waals surface area contributed by atoms with Crippen molar-refractivity contribution in [3.05, 3.63) is 35.5 Å². The quantitative estimate of drug-likeness (QED) is 0.882. The van der Waals surface area contributed by atoms with E-state index < -0.39 is 0 Å². The second-order valence-corrected chi connectivity index (χ2v) is 4.52. The van der Waals surface area contributed by atoms with Crippen LogP contribution in [0.25, 0.3) is 10.9 Å². The van der Waals surface area contributed by atoms with Gasteiger partial charge in [0, 0.05) is 29.7 Å². The number of carbonyl (C=O) groups excluding carboxylic acids is 1. The highest BCUT2D eigenvalue weighted by atomic mass is 16.2. The van der Waals surface area contributed by atoms with Crippen molar-refractivity contribution >= 4 is 16.8 Å². The van der Waals surface area contributed by atoms with E-state index >= 15 is 0 Å². The fourth-order valence-corrected chi connectivity index (χ4v) is 2.40. The molecule has 1 aromatic heterocycles. The van der Waals surface area contributed by atoms with Crippen molar-refractivity contribution < 1.29 is 4.79 Å². The second-order valence-electron chi connectivity index (χ2n) is 4.52. The Balaban J connectivity index is 2.31. The third-order valence-electron chi connectivity index (χ3n) is 3.47. The Morgan fingerprint density at radius 3 is 2.56 bits per heavy atom. The molecular weight excluding hydrogens is 224 g/mol. The normalized spacial score (nSPS) is 10.8. The molecule has 18 heavy (non-hydrogen) atoms. The first-order valence-corrected chi connectivity index (χ1v) is 6.51. The number of H-pyrrole nitrogens is 1. The minimum absolute atomic E-state index is 0.202. The Bertz CT molecular complexity index is 553. The molecule has 3 heteroatoms. The summed E-state index contributed by atoms with van der Waals surface area (Å²) in [7, 11) is 0. The van der Waals surface area contributed by atoms with Crippen molar-refractivity contribution in [2.24, 2.45) is 0 Å². The molecule has 0 aliphatic carbocycles. The number of para-hydroxylation sites is 1. The summed E-state index contributed by atoms with van der Waals surface area (Å²) in [5.41, 5.74) is 3.33. The Morgan fingerprint density at radius 2 is 1.89 bits per heavy atom. The predicted octanol–water partition coefficient (Wildman–Crippen LogP) is 2.89. The molecule has 0 saturated carbocycles. The third-order valence-corrected chi connectivity index (χ3v) is 3.47. The number of rotatable bonds is 4. The highest BCUT2D eigenvalue weighted by Crippen LogP contribution is 2.22. The van der Waals surface area contributed by atoms with Gasteiger partial charge in [0.1, 0.15) is 0 Å². The van der Waals surface area contributed by atoms with Crippen LogP contribution >= 0.6 is 0 Å². The molecule has 0 bridgehead atoms. The van der Waals surface area contributed by atoms with Crippen LogP contribution in [0.15, 0.2) is 24.3 Å². The first-order chi connectivity index (χ1) is 8.67. The van der Waals surface area contributed by atoms with Gasteiger partial charge >= 0.3 is 0 Å². The van der Waals surface area contributed by atoms with Gasteiger partial charge in [0.25, 0.3) is 0 Å². The van der Waals surface area contributed by atoms with Gasteiger partial charge in [-0.25, -0.2) is 0 Å². The standard InChI is InChI=1S/C15H20N2O/c1-4-17(5-2)15(18)10-13-11(3)16-14-9-7-6-8-12(13)14/h6-9,16H,4-5,10H2,1-3H3. The lowest BCUT2D eigenvalue weighted by Gasteiger charge is -2.18. The van der Waals surface area contributed by atoms with E-state index in [2.05, 4.69) is 11.1 Å². The molecule has 0 atom stereocenters. The zero-order valence-electron chi connectivity index (χ0n) is 11.3. The molecule has 0 radical (unpaired) electrons. The maximum absolute atomic E-state index is 12.2. The van der Waals surface area contributed by atoms with Crippen molar-refractivity contribution in [3.63, 3.8) is 0 Å². The molecule has 0 unspecified atom stereocenters. The molecule has 0 fully saturated rings. The molecule has 3 nitrogen and oxygen atoms in total. The first kappa shape index (κ1) is 12.7. The van der Waals surface area contributed by atoms with E-state index in [-0.39, 0.29) is 5.91 Å². The molecule has 0 aliphatic rings. The number of likely N-dealkylation sites (N-methyl/N-ethyl adjacent to an activating group) is 1. The second kappa shape index (κ2) is 5.25. The van der Waals surface area contributed by atoms with Crippen LogP contribution < -0.4 is 0 Å². The number of amides is 1. The van der Waals surface area contributed by atoms with Crippen molar-refractivity contribution in [1.29, 1.82) is 0 Å². The van der Waals surface area contributed by atoms with Crippen LogP contribution in [0.4, 0.5) is 0 Å². The fourth-order valence-electron chi connectivity index (χ4n) is 2.40. The number of nitrogens with one attached hydrogen (secondary N) is 1. The number of aromatic nitrogens is 1. The molecule has 0 spiro atoms. The lowest BCUT2D eigenvalue weighted by Crippen LogP contribution is -2.31. The van der Waals surface area contributed by atoms with Gasteiger partial charge in [-0.05, 0) is 32.4 Å². The summed E-state index contributed by atoms with van der Waals surface area (Å²) in [4.78, 5) is 17.4. The van der Waals surface area contributed by atoms with Gasteiger partial charge in [0.05, 0.1) is 6.42 Å². The van der Waals surface area contributed by atoms with Gasteiger partial charge in [-0.2, -0.15) is 0 Å². The number of hydrogen-bond donors (Lipinski definition) is 1. The van der Waals surface area contributed by atoms with Gasteiger partial charge < -0.3 is 9.88 Å². The van der Waals surface area contributed by atoms with E-state index in [0.717, 1.165) is 35.2 Å². The van der Waals surface area contributed by atoms with Gasteiger partial charge in [0.2, 0.25) is 5.91 Å². The number of carbonyl (C=O) groups is 1. The summed E-state index contributed by atoms with van der Waals surface area (Å²) >= 11 is 0. The topological polar surface area (TPSA) is 36.1 Å². The monoisotopic (exact) mass is 244 g/mol. The maximum atomic E-state index is 12.2. The van der Waals surface area contributed by atoms with E-state index in [1.165, 1.54) is 0 Å². The smallest absolute Gasteiger partial charge is 0.227 e. The number of aryl methyl sites for hydroxylation is 1. The Kier molecular flexibility index (Phi) is 3.70. The Labute approximate surface area is 108 Å². The van der Waals surface area contributed by atoms with Crippen LogP contribution in [0.5, 0.6) is 0 Å². The van der Waals surface area contributed by atoms with Crippen LogP contribution in [0.3, 0.4) is 0 Å². The van der Waals surface area contributed by atoms with Crippen LogP contribution in [-0.2, 0) is 11.2 Å². The summed E-state index contributed by atoms with van der Waals surface area (Å²) in [6, 6.07) is 8.15. The number of benzene rings is 1. The molecule has 1 heterocycles. The summed E-state index contributed by atoms with van der Waals surface area (Å²) < 4.78 is 0. The number of fused-ring (bicyclic) bond motifs is 1. The average Bonchev–Trinajstić information content (AvgIpc) is 2.68. The van der Waals surface area contributed by atoms with Crippen molar-refractivity contribution in [2.45, 2.75) is 27.2 Å². The molecule has 1 aromatic carbocycles. The molecule has 2 aromatic rings.